The van der Waals surface area contributed by atoms with Crippen molar-refractivity contribution in [1.29, 1.82) is 0 Å². The van der Waals surface area contributed by atoms with Crippen LogP contribution in [0.2, 0.25) is 0 Å². The fourth-order valence-electron chi connectivity index (χ4n) is 3.35. The number of likely N-dealkylation sites (tertiary alicyclic amines) is 2. The molecule has 0 aromatic carbocycles. The van der Waals surface area contributed by atoms with E-state index < -0.39 is 0 Å². The van der Waals surface area contributed by atoms with Crippen LogP contribution in [0.5, 0.6) is 0 Å². The fourth-order valence-corrected chi connectivity index (χ4v) is 3.35. The van der Waals surface area contributed by atoms with Gasteiger partial charge < -0.3 is 9.80 Å². The molecule has 4 nitrogen and oxygen atoms in total. The number of amides is 2. The van der Waals surface area contributed by atoms with Crippen LogP contribution in [0.4, 0.5) is 0 Å². The molecule has 0 aromatic heterocycles. The van der Waals surface area contributed by atoms with Gasteiger partial charge >= 0.3 is 0 Å². The van der Waals surface area contributed by atoms with Gasteiger partial charge in [-0.25, -0.2) is 0 Å². The molecule has 0 spiro atoms. The predicted molar refractivity (Wildman–Crippen MR) is 83.9 cm³/mol. The molecule has 0 aliphatic carbocycles. The van der Waals surface area contributed by atoms with E-state index in [0.29, 0.717) is 19.3 Å². The lowest BCUT2D eigenvalue weighted by Crippen LogP contribution is -2.33. The van der Waals surface area contributed by atoms with E-state index in [1.54, 1.807) is 0 Å². The number of carbonyl (C=O) groups excluding carboxylic acids is 2. The highest BCUT2D eigenvalue weighted by Gasteiger charge is 2.18. The third-order valence-electron chi connectivity index (χ3n) is 4.70. The maximum absolute atomic E-state index is 12.2. The Kier molecular flexibility index (Phi) is 7.04. The van der Waals surface area contributed by atoms with E-state index in [-0.39, 0.29) is 11.8 Å². The number of carbonyl (C=O) groups is 2. The molecule has 2 aliphatic rings. The zero-order valence-electron chi connectivity index (χ0n) is 13.3. The minimum atomic E-state index is 0.251. The van der Waals surface area contributed by atoms with Crippen LogP contribution in [0.3, 0.4) is 0 Å². The van der Waals surface area contributed by atoms with Gasteiger partial charge in [0.25, 0.3) is 0 Å². The summed E-state index contributed by atoms with van der Waals surface area (Å²) in [6, 6.07) is 0. The smallest absolute Gasteiger partial charge is 0.222 e. The van der Waals surface area contributed by atoms with Crippen LogP contribution < -0.4 is 0 Å². The molecule has 21 heavy (non-hydrogen) atoms. The lowest BCUT2D eigenvalue weighted by atomic mass is 10.2. The van der Waals surface area contributed by atoms with Crippen LogP contribution in [0.25, 0.3) is 0 Å². The van der Waals surface area contributed by atoms with Crippen molar-refractivity contribution in [3.05, 3.63) is 0 Å². The zero-order valence-corrected chi connectivity index (χ0v) is 13.3. The summed E-state index contributed by atoms with van der Waals surface area (Å²) in [5.74, 6) is 0.501. The normalized spacial score (nSPS) is 20.8. The highest BCUT2D eigenvalue weighted by Crippen LogP contribution is 2.14. The lowest BCUT2D eigenvalue weighted by molar-refractivity contribution is -0.132. The van der Waals surface area contributed by atoms with E-state index in [2.05, 4.69) is 0 Å². The predicted octanol–water partition coefficient (Wildman–Crippen LogP) is 2.96. The van der Waals surface area contributed by atoms with Crippen molar-refractivity contribution >= 4 is 11.8 Å². The van der Waals surface area contributed by atoms with E-state index >= 15 is 0 Å². The van der Waals surface area contributed by atoms with Gasteiger partial charge in [-0.2, -0.15) is 0 Å². The van der Waals surface area contributed by atoms with Gasteiger partial charge in [-0.3, -0.25) is 9.59 Å². The van der Waals surface area contributed by atoms with Gasteiger partial charge in [0.1, 0.15) is 0 Å². The van der Waals surface area contributed by atoms with Gasteiger partial charge in [0.2, 0.25) is 11.8 Å². The Balaban J connectivity index is 1.65. The Morgan fingerprint density at radius 1 is 0.571 bits per heavy atom. The quantitative estimate of drug-likeness (QED) is 0.800. The summed E-state index contributed by atoms with van der Waals surface area (Å²) in [5.41, 5.74) is 0. The van der Waals surface area contributed by atoms with Crippen molar-refractivity contribution in [2.45, 2.75) is 70.6 Å². The number of nitrogens with zero attached hydrogens (tertiary/aromatic N) is 2. The maximum atomic E-state index is 12.2. The Bertz CT molecular complexity index is 296. The molecule has 0 radical (unpaired) electrons. The average molecular weight is 294 g/mol. The molecular weight excluding hydrogens is 264 g/mol. The highest BCUT2D eigenvalue weighted by atomic mass is 16.2. The zero-order chi connectivity index (χ0) is 14.9. The molecule has 4 heteroatoms. The third kappa shape index (κ3) is 5.68. The number of hydrogen-bond acceptors (Lipinski definition) is 2. The maximum Gasteiger partial charge on any atom is 0.222 e. The van der Waals surface area contributed by atoms with E-state index in [4.69, 9.17) is 0 Å². The van der Waals surface area contributed by atoms with Gasteiger partial charge in [0, 0.05) is 39.0 Å². The van der Waals surface area contributed by atoms with Gasteiger partial charge in [-0.1, -0.05) is 25.7 Å². The largest absolute Gasteiger partial charge is 0.343 e. The standard InChI is InChI=1S/C17H30N2O2/c20-16(18-12-5-1-2-6-13-18)10-9-11-17(21)19-14-7-3-4-8-15-19/h1-15H2. The topological polar surface area (TPSA) is 40.6 Å². The Hall–Kier alpha value is -1.06. The molecule has 0 saturated carbocycles. The molecule has 2 saturated heterocycles. The second-order valence-corrected chi connectivity index (χ2v) is 6.44. The molecule has 0 aromatic rings. The molecule has 0 bridgehead atoms. The summed E-state index contributed by atoms with van der Waals surface area (Å²) in [7, 11) is 0. The first-order valence-corrected chi connectivity index (χ1v) is 8.83. The van der Waals surface area contributed by atoms with Crippen LogP contribution in [0.15, 0.2) is 0 Å². The van der Waals surface area contributed by atoms with E-state index in [9.17, 15) is 9.59 Å². The number of hydrogen-bond donors (Lipinski definition) is 0. The molecule has 2 heterocycles. The Morgan fingerprint density at radius 2 is 0.905 bits per heavy atom. The summed E-state index contributed by atoms with van der Waals surface area (Å²) in [4.78, 5) is 28.3. The second-order valence-electron chi connectivity index (χ2n) is 6.44. The SMILES string of the molecule is O=C(CCCC(=O)N1CCCCCC1)N1CCCCCC1. The summed E-state index contributed by atoms with van der Waals surface area (Å²) in [5, 5.41) is 0. The minimum Gasteiger partial charge on any atom is -0.343 e. The van der Waals surface area contributed by atoms with Crippen LogP contribution in [0.1, 0.15) is 70.6 Å². The average Bonchev–Trinajstić information content (AvgIpc) is 2.92. The van der Waals surface area contributed by atoms with Crippen LogP contribution in [0, 0.1) is 0 Å². The Morgan fingerprint density at radius 3 is 1.24 bits per heavy atom. The molecule has 120 valence electrons. The number of rotatable bonds is 4. The van der Waals surface area contributed by atoms with Gasteiger partial charge in [0.05, 0.1) is 0 Å². The van der Waals surface area contributed by atoms with Crippen molar-refractivity contribution in [1.82, 2.24) is 9.80 Å². The Labute approximate surface area is 128 Å². The molecular formula is C17H30N2O2. The van der Waals surface area contributed by atoms with E-state index in [1.807, 2.05) is 9.80 Å². The van der Waals surface area contributed by atoms with Crippen molar-refractivity contribution in [2.75, 3.05) is 26.2 Å². The highest BCUT2D eigenvalue weighted by molar-refractivity contribution is 5.79. The minimum absolute atomic E-state index is 0.251. The molecule has 0 unspecified atom stereocenters. The molecule has 2 aliphatic heterocycles. The van der Waals surface area contributed by atoms with Crippen molar-refractivity contribution in [3.8, 4) is 0 Å². The molecule has 2 rings (SSSR count). The first-order valence-electron chi connectivity index (χ1n) is 8.83. The fraction of sp³-hybridized carbons (Fsp3) is 0.882. The monoisotopic (exact) mass is 294 g/mol. The van der Waals surface area contributed by atoms with Gasteiger partial charge in [0.15, 0.2) is 0 Å². The van der Waals surface area contributed by atoms with Crippen LogP contribution in [-0.4, -0.2) is 47.8 Å². The second kappa shape index (κ2) is 9.06. The van der Waals surface area contributed by atoms with Crippen LogP contribution >= 0.6 is 0 Å². The molecule has 0 N–H and O–H groups in total. The van der Waals surface area contributed by atoms with E-state index in [1.165, 1.54) is 25.7 Å². The summed E-state index contributed by atoms with van der Waals surface area (Å²) in [6.45, 7) is 3.66. The van der Waals surface area contributed by atoms with E-state index in [0.717, 1.165) is 51.9 Å². The first-order chi connectivity index (χ1) is 10.3. The molecule has 0 atom stereocenters. The summed E-state index contributed by atoms with van der Waals surface area (Å²) in [6.07, 6.45) is 11.3. The van der Waals surface area contributed by atoms with Crippen molar-refractivity contribution in [3.63, 3.8) is 0 Å². The van der Waals surface area contributed by atoms with Crippen molar-refractivity contribution in [2.24, 2.45) is 0 Å². The summed E-state index contributed by atoms with van der Waals surface area (Å²) >= 11 is 0. The summed E-state index contributed by atoms with van der Waals surface area (Å²) < 4.78 is 0. The van der Waals surface area contributed by atoms with Gasteiger partial charge in [-0.15, -0.1) is 0 Å². The molecule has 2 fully saturated rings. The molecule has 2 amide bonds. The van der Waals surface area contributed by atoms with Crippen molar-refractivity contribution < 1.29 is 9.59 Å². The lowest BCUT2D eigenvalue weighted by Gasteiger charge is -2.22. The first kappa shape index (κ1) is 16.3. The van der Waals surface area contributed by atoms with Gasteiger partial charge in [-0.05, 0) is 32.1 Å². The third-order valence-corrected chi connectivity index (χ3v) is 4.70. The van der Waals surface area contributed by atoms with Crippen LogP contribution in [-0.2, 0) is 9.59 Å².